The molecule has 3 rings (SSSR count). The van der Waals surface area contributed by atoms with E-state index >= 15 is 0 Å². The number of carbonyl (C=O) groups excluding carboxylic acids is 3. The van der Waals surface area contributed by atoms with Crippen molar-refractivity contribution in [3.8, 4) is 0 Å². The highest BCUT2D eigenvalue weighted by Crippen LogP contribution is 2.34. The maximum atomic E-state index is 13.3. The fraction of sp³-hybridized carbons (Fsp3) is 0.640. The Hall–Kier alpha value is -2.75. The summed E-state index contributed by atoms with van der Waals surface area (Å²) in [6.45, 7) is 10.8. The average Bonchev–Trinajstić information content (AvgIpc) is 3.27. The molecular weight excluding hydrogens is 608 g/mol. The number of anilines is 2. The van der Waals surface area contributed by atoms with Gasteiger partial charge in [-0.15, -0.1) is 0 Å². The van der Waals surface area contributed by atoms with Crippen LogP contribution in [0, 0.1) is 0 Å². The second-order valence-electron chi connectivity index (χ2n) is 11.2. The van der Waals surface area contributed by atoms with Gasteiger partial charge in [0.2, 0.25) is 0 Å². The molecule has 1 fully saturated rings. The third kappa shape index (κ3) is 8.88. The number of nitrogens with zero attached hydrogens (tertiary/aromatic N) is 3. The number of ether oxygens (including phenoxy) is 4. The quantitative estimate of drug-likeness (QED) is 0.394. The zero-order valence-electron chi connectivity index (χ0n) is 23.9. The number of amides is 3. The van der Waals surface area contributed by atoms with Gasteiger partial charge in [-0.3, -0.25) is 14.8 Å². The topological polar surface area (TPSA) is 155 Å². The highest BCUT2D eigenvalue weighted by Gasteiger charge is 2.34. The molecule has 1 saturated heterocycles. The summed E-state index contributed by atoms with van der Waals surface area (Å²) in [6, 6.07) is -0.343. The largest absolute Gasteiger partial charge is 0.444 e. The van der Waals surface area contributed by atoms with Crippen molar-refractivity contribution in [3.05, 3.63) is 21.5 Å². The van der Waals surface area contributed by atoms with E-state index < -0.39 is 41.5 Å². The zero-order valence-corrected chi connectivity index (χ0v) is 26.3. The molecule has 0 spiro atoms. The van der Waals surface area contributed by atoms with Gasteiger partial charge in [0.1, 0.15) is 28.4 Å². The Morgan fingerprint density at radius 2 is 1.73 bits per heavy atom. The van der Waals surface area contributed by atoms with Crippen LogP contribution in [0.5, 0.6) is 0 Å². The number of carbonyl (C=O) groups is 3. The number of methoxy groups -OCH3 is 1. The van der Waals surface area contributed by atoms with Crippen LogP contribution < -0.4 is 16.0 Å². The first kappa shape index (κ1) is 31.8. The molecule has 222 valence electrons. The maximum Gasteiger partial charge on any atom is 0.412 e. The predicted molar refractivity (Wildman–Crippen MR) is 153 cm³/mol. The smallest absolute Gasteiger partial charge is 0.412 e. The number of aryl methyl sites for hydroxylation is 1. The van der Waals surface area contributed by atoms with Crippen LogP contribution in [0.1, 0.15) is 76.7 Å². The summed E-state index contributed by atoms with van der Waals surface area (Å²) in [5.41, 5.74) is -0.260. The van der Waals surface area contributed by atoms with Crippen molar-refractivity contribution in [2.24, 2.45) is 7.05 Å². The number of nitrogens with one attached hydrogen (secondary N) is 3. The lowest BCUT2D eigenvalue weighted by atomic mass is 10.0. The van der Waals surface area contributed by atoms with Gasteiger partial charge >= 0.3 is 12.2 Å². The molecule has 0 aliphatic carbocycles. The number of halogens is 1. The van der Waals surface area contributed by atoms with E-state index in [4.69, 9.17) is 18.9 Å². The lowest BCUT2D eigenvalue weighted by Gasteiger charge is -2.26. The first-order valence-corrected chi connectivity index (χ1v) is 14.3. The van der Waals surface area contributed by atoms with Gasteiger partial charge in [-0.25, -0.2) is 14.6 Å². The molecule has 40 heavy (non-hydrogen) atoms. The molecule has 2 aromatic rings. The van der Waals surface area contributed by atoms with Crippen LogP contribution in [0.4, 0.5) is 20.3 Å². The highest BCUT2D eigenvalue weighted by molar-refractivity contribution is 9.11. The molecule has 3 amide bonds. The molecule has 0 bridgehead atoms. The molecule has 13 nitrogen and oxygen atoms in total. The number of hydrogen-bond acceptors (Lipinski definition) is 10. The summed E-state index contributed by atoms with van der Waals surface area (Å²) in [4.78, 5) is 42.2. The molecule has 2 aromatic heterocycles. The second-order valence-corrected chi connectivity index (χ2v) is 13.5. The zero-order chi connectivity index (χ0) is 29.8. The summed E-state index contributed by atoms with van der Waals surface area (Å²) in [7, 11) is 3.31. The number of alkyl carbamates (subject to hydrolysis) is 1. The molecule has 15 heteroatoms. The molecule has 3 atom stereocenters. The van der Waals surface area contributed by atoms with Gasteiger partial charge in [0, 0.05) is 14.2 Å². The second kappa shape index (κ2) is 12.8. The van der Waals surface area contributed by atoms with Crippen LogP contribution in [0.2, 0.25) is 0 Å². The van der Waals surface area contributed by atoms with Gasteiger partial charge in [-0.05, 0) is 70.3 Å². The van der Waals surface area contributed by atoms with E-state index in [9.17, 15) is 14.4 Å². The summed E-state index contributed by atoms with van der Waals surface area (Å²) in [5.74, 6) is -0.546. The molecule has 1 aliphatic rings. The first-order chi connectivity index (χ1) is 18.6. The monoisotopic (exact) mass is 644 g/mol. The molecule has 0 saturated carbocycles. The van der Waals surface area contributed by atoms with Crippen molar-refractivity contribution in [1.82, 2.24) is 20.1 Å². The highest BCUT2D eigenvalue weighted by atomic mass is 79.9. The molecule has 0 unspecified atom stereocenters. The van der Waals surface area contributed by atoms with E-state index in [0.29, 0.717) is 28.1 Å². The third-order valence-electron chi connectivity index (χ3n) is 5.62. The van der Waals surface area contributed by atoms with Crippen LogP contribution in [0.3, 0.4) is 0 Å². The Balaban J connectivity index is 1.75. The minimum Gasteiger partial charge on any atom is -0.444 e. The Bertz CT molecular complexity index is 1220. The van der Waals surface area contributed by atoms with E-state index in [-0.39, 0.29) is 23.3 Å². The molecule has 1 aliphatic heterocycles. The standard InChI is InChI=1S/C25H37BrN6O7S/c1-24(2,3)38-22(34)29-13-9-10-15(37-12-16(13)36-8)18-14(11-27-32(18)7)28-19(33)17-20(40-21(26)30-17)31-23(35)39-25(4,5)6/h11,13,15-16H,9-10,12H2,1-8H3,(H,28,33)(H,29,34)(H,31,35)/t13-,15+,16-/m1/s1. The summed E-state index contributed by atoms with van der Waals surface area (Å²) >= 11 is 4.36. The average molecular weight is 646 g/mol. The molecule has 0 radical (unpaired) electrons. The Labute approximate surface area is 245 Å². The van der Waals surface area contributed by atoms with Crippen LogP contribution in [0.15, 0.2) is 10.1 Å². The number of aromatic nitrogens is 3. The van der Waals surface area contributed by atoms with Crippen LogP contribution in [-0.2, 0) is 26.0 Å². The van der Waals surface area contributed by atoms with Crippen molar-refractivity contribution >= 4 is 56.0 Å². The van der Waals surface area contributed by atoms with Gasteiger partial charge in [-0.2, -0.15) is 5.10 Å². The fourth-order valence-corrected chi connectivity index (χ4v) is 5.37. The van der Waals surface area contributed by atoms with E-state index in [1.54, 1.807) is 60.4 Å². The van der Waals surface area contributed by atoms with Gasteiger partial charge < -0.3 is 29.6 Å². The molecular formula is C25H37BrN6O7S. The Morgan fingerprint density at radius 1 is 1.07 bits per heavy atom. The lowest BCUT2D eigenvalue weighted by molar-refractivity contribution is -0.0263. The van der Waals surface area contributed by atoms with Crippen molar-refractivity contribution in [2.75, 3.05) is 24.4 Å². The number of hydrogen-bond donors (Lipinski definition) is 3. The Morgan fingerprint density at radius 3 is 2.35 bits per heavy atom. The minimum atomic E-state index is -0.707. The van der Waals surface area contributed by atoms with Gasteiger partial charge in [0.05, 0.1) is 30.2 Å². The van der Waals surface area contributed by atoms with Crippen molar-refractivity contribution < 1.29 is 33.3 Å². The van der Waals surface area contributed by atoms with Gasteiger partial charge in [-0.1, -0.05) is 11.3 Å². The fourth-order valence-electron chi connectivity index (χ4n) is 4.03. The maximum absolute atomic E-state index is 13.3. The summed E-state index contributed by atoms with van der Waals surface area (Å²) < 4.78 is 24.5. The van der Waals surface area contributed by atoms with Crippen molar-refractivity contribution in [1.29, 1.82) is 0 Å². The predicted octanol–water partition coefficient (Wildman–Crippen LogP) is 5.00. The Kier molecular flexibility index (Phi) is 10.2. The SMILES string of the molecule is CO[C@@H]1CO[C@H](c2c(NC(=O)c3nc(Br)sc3NC(=O)OC(C)(C)C)cnn2C)CC[C@H]1NC(=O)OC(C)(C)C. The molecule has 3 N–H and O–H groups in total. The number of rotatable bonds is 6. The lowest BCUT2D eigenvalue weighted by Crippen LogP contribution is -2.46. The van der Waals surface area contributed by atoms with Crippen molar-refractivity contribution in [3.63, 3.8) is 0 Å². The van der Waals surface area contributed by atoms with Crippen LogP contribution in [-0.4, -0.2) is 69.9 Å². The normalized spacial score (nSPS) is 19.9. The van der Waals surface area contributed by atoms with E-state index in [1.165, 1.54) is 6.20 Å². The summed E-state index contributed by atoms with van der Waals surface area (Å²) in [5, 5.41) is 12.9. The summed E-state index contributed by atoms with van der Waals surface area (Å²) in [6.07, 6.45) is 0.477. The third-order valence-corrected chi connectivity index (χ3v) is 7.05. The van der Waals surface area contributed by atoms with E-state index in [0.717, 1.165) is 11.3 Å². The van der Waals surface area contributed by atoms with Gasteiger partial charge in [0.15, 0.2) is 9.61 Å². The molecule has 0 aromatic carbocycles. The van der Waals surface area contributed by atoms with Gasteiger partial charge in [0.25, 0.3) is 5.91 Å². The minimum absolute atomic E-state index is 0.0143. The van der Waals surface area contributed by atoms with E-state index in [1.807, 2.05) is 0 Å². The van der Waals surface area contributed by atoms with Crippen LogP contribution >= 0.6 is 27.3 Å². The van der Waals surface area contributed by atoms with Crippen LogP contribution in [0.25, 0.3) is 0 Å². The number of thiazole rings is 1. The van der Waals surface area contributed by atoms with Crippen molar-refractivity contribution in [2.45, 2.75) is 83.8 Å². The molecule has 3 heterocycles. The first-order valence-electron chi connectivity index (χ1n) is 12.7. The van der Waals surface area contributed by atoms with E-state index in [2.05, 4.69) is 42.0 Å².